The Kier molecular flexibility index (Phi) is 4.71. The molecule has 1 aromatic heterocycles. The first kappa shape index (κ1) is 14.1. The van der Waals surface area contributed by atoms with Crippen LogP contribution < -0.4 is 9.64 Å². The first-order valence-electron chi connectivity index (χ1n) is 6.50. The maximum atomic E-state index is 12.1. The molecule has 20 heavy (non-hydrogen) atoms. The highest BCUT2D eigenvalue weighted by Gasteiger charge is 2.10. The van der Waals surface area contributed by atoms with Crippen molar-refractivity contribution in [2.45, 2.75) is 12.8 Å². The molecule has 0 radical (unpaired) electrons. The number of amides is 1. The zero-order valence-electron chi connectivity index (χ0n) is 11.7. The van der Waals surface area contributed by atoms with E-state index >= 15 is 0 Å². The van der Waals surface area contributed by atoms with Gasteiger partial charge in [0.15, 0.2) is 0 Å². The molecule has 0 fully saturated rings. The van der Waals surface area contributed by atoms with E-state index in [0.29, 0.717) is 12.8 Å². The monoisotopic (exact) mass is 270 g/mol. The van der Waals surface area contributed by atoms with Gasteiger partial charge >= 0.3 is 0 Å². The Hall–Kier alpha value is -2.36. The van der Waals surface area contributed by atoms with E-state index in [4.69, 9.17) is 4.74 Å². The molecule has 1 aromatic carbocycles. The van der Waals surface area contributed by atoms with E-state index in [9.17, 15) is 4.79 Å². The molecule has 2 rings (SSSR count). The second kappa shape index (κ2) is 6.70. The number of rotatable bonds is 5. The second-order valence-electron chi connectivity index (χ2n) is 4.52. The van der Waals surface area contributed by atoms with Crippen molar-refractivity contribution in [3.63, 3.8) is 0 Å². The van der Waals surface area contributed by atoms with Gasteiger partial charge in [-0.05, 0) is 36.2 Å². The third-order valence-electron chi connectivity index (χ3n) is 3.17. The summed E-state index contributed by atoms with van der Waals surface area (Å²) in [5.74, 6) is 0.886. The Morgan fingerprint density at radius 2 is 2.15 bits per heavy atom. The number of hydrogen-bond acceptors (Lipinski definition) is 3. The van der Waals surface area contributed by atoms with Gasteiger partial charge in [0.25, 0.3) is 0 Å². The van der Waals surface area contributed by atoms with Crippen LogP contribution in [0.1, 0.15) is 12.0 Å². The smallest absolute Gasteiger partial charge is 0.227 e. The second-order valence-corrected chi connectivity index (χ2v) is 4.52. The summed E-state index contributed by atoms with van der Waals surface area (Å²) in [7, 11) is 3.41. The van der Waals surface area contributed by atoms with Crippen molar-refractivity contribution in [1.29, 1.82) is 0 Å². The molecule has 4 nitrogen and oxygen atoms in total. The van der Waals surface area contributed by atoms with Crippen molar-refractivity contribution in [3.05, 3.63) is 54.4 Å². The van der Waals surface area contributed by atoms with E-state index in [1.54, 1.807) is 31.5 Å². The molecule has 0 aliphatic rings. The van der Waals surface area contributed by atoms with Crippen molar-refractivity contribution >= 4 is 11.6 Å². The minimum atomic E-state index is 0.0702. The fraction of sp³-hybridized carbons (Fsp3) is 0.250. The van der Waals surface area contributed by atoms with Gasteiger partial charge in [0.1, 0.15) is 5.75 Å². The number of carbonyl (C=O) groups excluding carboxylic acids is 1. The number of methoxy groups -OCH3 is 1. The fourth-order valence-electron chi connectivity index (χ4n) is 1.94. The van der Waals surface area contributed by atoms with Gasteiger partial charge in [0, 0.05) is 19.7 Å². The average molecular weight is 270 g/mol. The zero-order chi connectivity index (χ0) is 14.4. The maximum Gasteiger partial charge on any atom is 0.227 e. The quantitative estimate of drug-likeness (QED) is 0.839. The Morgan fingerprint density at radius 1 is 1.30 bits per heavy atom. The standard InChI is InChI=1S/C16H18N2O2/c1-18(14-6-4-10-17-12-14)16(19)9-8-13-5-3-7-15(11-13)20-2/h3-7,10-12H,8-9H2,1-2H3. The maximum absolute atomic E-state index is 12.1. The summed E-state index contributed by atoms with van der Waals surface area (Å²) < 4.78 is 5.17. The molecule has 0 saturated carbocycles. The van der Waals surface area contributed by atoms with E-state index in [1.807, 2.05) is 36.4 Å². The molecule has 104 valence electrons. The number of ether oxygens (including phenoxy) is 1. The topological polar surface area (TPSA) is 42.4 Å². The number of aryl methyl sites for hydroxylation is 1. The normalized spacial score (nSPS) is 10.1. The van der Waals surface area contributed by atoms with Gasteiger partial charge in [-0.3, -0.25) is 9.78 Å². The van der Waals surface area contributed by atoms with E-state index in [2.05, 4.69) is 4.98 Å². The van der Waals surface area contributed by atoms with Crippen molar-refractivity contribution < 1.29 is 9.53 Å². The number of hydrogen-bond donors (Lipinski definition) is 0. The summed E-state index contributed by atoms with van der Waals surface area (Å²) >= 11 is 0. The molecule has 4 heteroatoms. The first-order chi connectivity index (χ1) is 9.70. The predicted molar refractivity (Wildman–Crippen MR) is 79.0 cm³/mol. The van der Waals surface area contributed by atoms with Gasteiger partial charge < -0.3 is 9.64 Å². The summed E-state index contributed by atoms with van der Waals surface area (Å²) in [6.07, 6.45) is 4.53. The lowest BCUT2D eigenvalue weighted by atomic mass is 10.1. The number of carbonyl (C=O) groups is 1. The minimum absolute atomic E-state index is 0.0702. The number of nitrogens with zero attached hydrogens (tertiary/aromatic N) is 2. The highest BCUT2D eigenvalue weighted by Crippen LogP contribution is 2.16. The van der Waals surface area contributed by atoms with Crippen molar-refractivity contribution in [3.8, 4) is 5.75 Å². The Labute approximate surface area is 119 Å². The molecule has 0 N–H and O–H groups in total. The molecule has 0 bridgehead atoms. The van der Waals surface area contributed by atoms with Crippen LogP contribution in [0.3, 0.4) is 0 Å². The van der Waals surface area contributed by atoms with Crippen molar-refractivity contribution in [2.75, 3.05) is 19.1 Å². The molecule has 1 heterocycles. The van der Waals surface area contributed by atoms with E-state index in [0.717, 1.165) is 17.0 Å². The SMILES string of the molecule is COc1cccc(CCC(=O)N(C)c2cccnc2)c1. The minimum Gasteiger partial charge on any atom is -0.497 e. The molecule has 1 amide bonds. The summed E-state index contributed by atoms with van der Waals surface area (Å²) in [4.78, 5) is 17.8. The third-order valence-corrected chi connectivity index (χ3v) is 3.17. The largest absolute Gasteiger partial charge is 0.497 e. The van der Waals surface area contributed by atoms with Crippen LogP contribution in [-0.2, 0) is 11.2 Å². The molecule has 0 spiro atoms. The van der Waals surface area contributed by atoms with Crippen LogP contribution in [0, 0.1) is 0 Å². The lowest BCUT2D eigenvalue weighted by molar-refractivity contribution is -0.118. The van der Waals surface area contributed by atoms with Gasteiger partial charge in [-0.2, -0.15) is 0 Å². The van der Waals surface area contributed by atoms with Crippen LogP contribution in [0.2, 0.25) is 0 Å². The number of aromatic nitrogens is 1. The Balaban J connectivity index is 1.95. The number of anilines is 1. The highest BCUT2D eigenvalue weighted by molar-refractivity contribution is 5.92. The molecule has 0 saturated heterocycles. The van der Waals surface area contributed by atoms with Crippen LogP contribution in [0.4, 0.5) is 5.69 Å². The molecular weight excluding hydrogens is 252 g/mol. The molecule has 2 aromatic rings. The van der Waals surface area contributed by atoms with Crippen LogP contribution in [0.15, 0.2) is 48.8 Å². The van der Waals surface area contributed by atoms with Crippen LogP contribution >= 0.6 is 0 Å². The summed E-state index contributed by atoms with van der Waals surface area (Å²) in [6.45, 7) is 0. The molecule has 0 aliphatic heterocycles. The highest BCUT2D eigenvalue weighted by atomic mass is 16.5. The van der Waals surface area contributed by atoms with E-state index < -0.39 is 0 Å². The van der Waals surface area contributed by atoms with Gasteiger partial charge in [0.2, 0.25) is 5.91 Å². The zero-order valence-corrected chi connectivity index (χ0v) is 11.7. The van der Waals surface area contributed by atoms with Crippen molar-refractivity contribution in [2.24, 2.45) is 0 Å². The molecule has 0 aliphatic carbocycles. The van der Waals surface area contributed by atoms with Crippen molar-refractivity contribution in [1.82, 2.24) is 4.98 Å². The Morgan fingerprint density at radius 3 is 2.85 bits per heavy atom. The summed E-state index contributed by atoms with van der Waals surface area (Å²) in [6, 6.07) is 11.5. The van der Waals surface area contributed by atoms with E-state index in [1.165, 1.54) is 0 Å². The third kappa shape index (κ3) is 3.57. The van der Waals surface area contributed by atoms with Gasteiger partial charge in [0.05, 0.1) is 19.0 Å². The van der Waals surface area contributed by atoms with Crippen LogP contribution in [-0.4, -0.2) is 25.0 Å². The fourth-order valence-corrected chi connectivity index (χ4v) is 1.94. The van der Waals surface area contributed by atoms with Gasteiger partial charge in [-0.25, -0.2) is 0 Å². The van der Waals surface area contributed by atoms with Gasteiger partial charge in [-0.1, -0.05) is 12.1 Å². The summed E-state index contributed by atoms with van der Waals surface area (Å²) in [5, 5.41) is 0. The molecule has 0 unspecified atom stereocenters. The lowest BCUT2D eigenvalue weighted by Crippen LogP contribution is -2.26. The predicted octanol–water partition coefficient (Wildman–Crippen LogP) is 2.69. The first-order valence-corrected chi connectivity index (χ1v) is 6.50. The lowest BCUT2D eigenvalue weighted by Gasteiger charge is -2.16. The Bertz CT molecular complexity index is 570. The summed E-state index contributed by atoms with van der Waals surface area (Å²) in [5.41, 5.74) is 1.90. The average Bonchev–Trinajstić information content (AvgIpc) is 2.53. The van der Waals surface area contributed by atoms with Crippen LogP contribution in [0.25, 0.3) is 0 Å². The van der Waals surface area contributed by atoms with Crippen LogP contribution in [0.5, 0.6) is 5.75 Å². The number of pyridine rings is 1. The van der Waals surface area contributed by atoms with Gasteiger partial charge in [-0.15, -0.1) is 0 Å². The number of benzene rings is 1. The molecule has 0 atom stereocenters. The molecular formula is C16H18N2O2. The van der Waals surface area contributed by atoms with E-state index in [-0.39, 0.29) is 5.91 Å².